The first-order valence-electron chi connectivity index (χ1n) is 10.9. The molecule has 2 heterocycles. The topological polar surface area (TPSA) is 88.2 Å². The molecule has 8 heteroatoms. The number of carbonyl (C=O) groups excluding carboxylic acids is 3. The standard InChI is InChI=1S/C23H33N3O5/c1-23(2,3)31-22(29)26-13-7-11-19(26)21(28)25-12-6-10-18(25)20(27)24-15-16-8-5-9-17(14-16)30-4/h5,8-9,14,18-19H,6-7,10-13,15H2,1-4H3,(H,24,27)/t18-,19-/m1/s1. The average molecular weight is 432 g/mol. The van der Waals surface area contributed by atoms with E-state index in [1.165, 1.54) is 4.90 Å². The maximum absolute atomic E-state index is 13.3. The van der Waals surface area contributed by atoms with E-state index in [2.05, 4.69) is 5.32 Å². The van der Waals surface area contributed by atoms with Crippen LogP contribution in [0.4, 0.5) is 4.79 Å². The molecule has 0 spiro atoms. The third kappa shape index (κ3) is 5.68. The van der Waals surface area contributed by atoms with Gasteiger partial charge in [-0.2, -0.15) is 0 Å². The zero-order valence-corrected chi connectivity index (χ0v) is 18.8. The molecule has 0 aliphatic carbocycles. The molecule has 2 aliphatic heterocycles. The zero-order chi connectivity index (χ0) is 22.6. The van der Waals surface area contributed by atoms with Crippen molar-refractivity contribution < 1.29 is 23.9 Å². The van der Waals surface area contributed by atoms with E-state index in [9.17, 15) is 14.4 Å². The first-order valence-corrected chi connectivity index (χ1v) is 10.9. The van der Waals surface area contributed by atoms with Crippen LogP contribution in [-0.4, -0.2) is 65.6 Å². The molecule has 170 valence electrons. The molecule has 0 aromatic heterocycles. The van der Waals surface area contributed by atoms with Crippen molar-refractivity contribution in [3.8, 4) is 5.75 Å². The predicted octanol–water partition coefficient (Wildman–Crippen LogP) is 2.70. The van der Waals surface area contributed by atoms with Crippen molar-refractivity contribution in [1.82, 2.24) is 15.1 Å². The zero-order valence-electron chi connectivity index (χ0n) is 18.8. The number of hydrogen-bond acceptors (Lipinski definition) is 5. The predicted molar refractivity (Wildman–Crippen MR) is 116 cm³/mol. The van der Waals surface area contributed by atoms with E-state index in [1.54, 1.807) is 32.8 Å². The maximum Gasteiger partial charge on any atom is 0.410 e. The van der Waals surface area contributed by atoms with Crippen LogP contribution in [-0.2, 0) is 20.9 Å². The number of methoxy groups -OCH3 is 1. The van der Waals surface area contributed by atoms with E-state index < -0.39 is 23.8 Å². The van der Waals surface area contributed by atoms with Crippen molar-refractivity contribution in [2.24, 2.45) is 0 Å². The number of nitrogens with one attached hydrogen (secondary N) is 1. The Morgan fingerprint density at radius 1 is 1.06 bits per heavy atom. The van der Waals surface area contributed by atoms with Crippen LogP contribution in [0.3, 0.4) is 0 Å². The van der Waals surface area contributed by atoms with Gasteiger partial charge in [0.25, 0.3) is 0 Å². The molecule has 2 fully saturated rings. The second-order valence-corrected chi connectivity index (χ2v) is 9.09. The number of benzene rings is 1. The molecule has 1 aromatic rings. The maximum atomic E-state index is 13.3. The van der Waals surface area contributed by atoms with Gasteiger partial charge >= 0.3 is 6.09 Å². The van der Waals surface area contributed by atoms with E-state index in [-0.39, 0.29) is 11.8 Å². The highest BCUT2D eigenvalue weighted by Crippen LogP contribution is 2.26. The SMILES string of the molecule is COc1cccc(CNC(=O)[C@H]2CCCN2C(=O)[C@H]2CCCN2C(=O)OC(C)(C)C)c1. The molecule has 0 bridgehead atoms. The summed E-state index contributed by atoms with van der Waals surface area (Å²) in [6.45, 7) is 6.80. The van der Waals surface area contributed by atoms with Gasteiger partial charge in [0.15, 0.2) is 0 Å². The van der Waals surface area contributed by atoms with Crippen molar-refractivity contribution in [1.29, 1.82) is 0 Å². The van der Waals surface area contributed by atoms with Crippen LogP contribution in [0.15, 0.2) is 24.3 Å². The molecule has 1 N–H and O–H groups in total. The summed E-state index contributed by atoms with van der Waals surface area (Å²) in [5.74, 6) is 0.394. The normalized spacial score (nSPS) is 21.2. The Labute approximate surface area is 183 Å². The Balaban J connectivity index is 1.62. The molecule has 8 nitrogen and oxygen atoms in total. The highest BCUT2D eigenvalue weighted by molar-refractivity contribution is 5.92. The Morgan fingerprint density at radius 2 is 1.74 bits per heavy atom. The van der Waals surface area contributed by atoms with Gasteiger partial charge in [0.2, 0.25) is 11.8 Å². The summed E-state index contributed by atoms with van der Waals surface area (Å²) in [6, 6.07) is 6.42. The number of rotatable bonds is 5. The van der Waals surface area contributed by atoms with E-state index in [4.69, 9.17) is 9.47 Å². The third-order valence-corrected chi connectivity index (χ3v) is 5.61. The summed E-state index contributed by atoms with van der Waals surface area (Å²) in [5.41, 5.74) is 0.305. The Kier molecular flexibility index (Phi) is 7.08. The minimum atomic E-state index is -0.622. The van der Waals surface area contributed by atoms with Crippen LogP contribution in [0.1, 0.15) is 52.0 Å². The van der Waals surface area contributed by atoms with Crippen LogP contribution in [0.5, 0.6) is 5.75 Å². The van der Waals surface area contributed by atoms with Gasteiger partial charge in [-0.3, -0.25) is 14.5 Å². The van der Waals surface area contributed by atoms with E-state index in [1.807, 2.05) is 24.3 Å². The minimum absolute atomic E-state index is 0.164. The van der Waals surface area contributed by atoms with Gasteiger partial charge in [-0.05, 0) is 64.2 Å². The number of nitrogens with zero attached hydrogens (tertiary/aromatic N) is 2. The highest BCUT2D eigenvalue weighted by atomic mass is 16.6. The molecule has 2 saturated heterocycles. The number of hydrogen-bond donors (Lipinski definition) is 1. The van der Waals surface area contributed by atoms with Crippen molar-refractivity contribution in [2.45, 2.75) is 70.7 Å². The summed E-state index contributed by atoms with van der Waals surface area (Å²) < 4.78 is 10.7. The average Bonchev–Trinajstić information content (AvgIpc) is 3.40. The van der Waals surface area contributed by atoms with E-state index in [0.717, 1.165) is 24.2 Å². The Bertz CT molecular complexity index is 820. The fourth-order valence-corrected chi connectivity index (χ4v) is 4.15. The molecule has 0 unspecified atom stereocenters. The molecule has 31 heavy (non-hydrogen) atoms. The quantitative estimate of drug-likeness (QED) is 0.774. The number of amides is 3. The smallest absolute Gasteiger partial charge is 0.410 e. The Hall–Kier alpha value is -2.77. The van der Waals surface area contributed by atoms with Crippen LogP contribution in [0, 0.1) is 0 Å². The molecular formula is C23H33N3O5. The molecule has 3 rings (SSSR count). The summed E-state index contributed by atoms with van der Waals surface area (Å²) in [5, 5.41) is 2.94. The van der Waals surface area contributed by atoms with Gasteiger partial charge < -0.3 is 19.7 Å². The monoisotopic (exact) mass is 431 g/mol. The number of carbonyl (C=O) groups is 3. The molecule has 3 amide bonds. The van der Waals surface area contributed by atoms with Gasteiger partial charge in [0.05, 0.1) is 7.11 Å². The van der Waals surface area contributed by atoms with Gasteiger partial charge in [-0.25, -0.2) is 4.79 Å². The van der Waals surface area contributed by atoms with Crippen LogP contribution in [0.2, 0.25) is 0 Å². The van der Waals surface area contributed by atoms with Gasteiger partial charge in [0, 0.05) is 19.6 Å². The molecular weight excluding hydrogens is 398 g/mol. The summed E-state index contributed by atoms with van der Waals surface area (Å²) >= 11 is 0. The summed E-state index contributed by atoms with van der Waals surface area (Å²) in [4.78, 5) is 41.9. The number of ether oxygens (including phenoxy) is 2. The van der Waals surface area contributed by atoms with Crippen LogP contribution in [0.25, 0.3) is 0 Å². The van der Waals surface area contributed by atoms with Crippen molar-refractivity contribution in [3.05, 3.63) is 29.8 Å². The second kappa shape index (κ2) is 9.58. The van der Waals surface area contributed by atoms with Crippen molar-refractivity contribution >= 4 is 17.9 Å². The summed E-state index contributed by atoms with van der Waals surface area (Å²) in [6.07, 6.45) is 2.25. The van der Waals surface area contributed by atoms with Crippen LogP contribution >= 0.6 is 0 Å². The van der Waals surface area contributed by atoms with Gasteiger partial charge in [-0.15, -0.1) is 0 Å². The van der Waals surface area contributed by atoms with Crippen LogP contribution < -0.4 is 10.1 Å². The van der Waals surface area contributed by atoms with Crippen molar-refractivity contribution in [2.75, 3.05) is 20.2 Å². The Morgan fingerprint density at radius 3 is 2.42 bits per heavy atom. The fourth-order valence-electron chi connectivity index (χ4n) is 4.15. The molecule has 2 aliphatic rings. The lowest BCUT2D eigenvalue weighted by Crippen LogP contribution is -2.53. The molecule has 2 atom stereocenters. The molecule has 0 radical (unpaired) electrons. The minimum Gasteiger partial charge on any atom is -0.497 e. The first kappa shape index (κ1) is 22.9. The summed E-state index contributed by atoms with van der Waals surface area (Å²) in [7, 11) is 1.60. The lowest BCUT2D eigenvalue weighted by molar-refractivity contribution is -0.141. The van der Waals surface area contributed by atoms with Gasteiger partial charge in [0.1, 0.15) is 23.4 Å². The lowest BCUT2D eigenvalue weighted by Gasteiger charge is -2.32. The van der Waals surface area contributed by atoms with E-state index in [0.29, 0.717) is 32.5 Å². The first-order chi connectivity index (χ1) is 14.7. The van der Waals surface area contributed by atoms with Crippen molar-refractivity contribution in [3.63, 3.8) is 0 Å². The fraction of sp³-hybridized carbons (Fsp3) is 0.609. The largest absolute Gasteiger partial charge is 0.497 e. The third-order valence-electron chi connectivity index (χ3n) is 5.61. The molecule has 1 aromatic carbocycles. The number of likely N-dealkylation sites (tertiary alicyclic amines) is 2. The van der Waals surface area contributed by atoms with E-state index >= 15 is 0 Å². The lowest BCUT2D eigenvalue weighted by atomic mass is 10.1. The highest BCUT2D eigenvalue weighted by Gasteiger charge is 2.43. The molecule has 0 saturated carbocycles. The van der Waals surface area contributed by atoms with Gasteiger partial charge in [-0.1, -0.05) is 12.1 Å². The second-order valence-electron chi connectivity index (χ2n) is 9.09.